The van der Waals surface area contributed by atoms with Gasteiger partial charge in [-0.1, -0.05) is 6.07 Å². The van der Waals surface area contributed by atoms with E-state index in [0.29, 0.717) is 33.8 Å². The van der Waals surface area contributed by atoms with E-state index in [2.05, 4.69) is 4.98 Å². The zero-order chi connectivity index (χ0) is 17.3. The summed E-state index contributed by atoms with van der Waals surface area (Å²) in [6, 6.07) is 7.92. The number of benzene rings is 2. The number of nitrogens with zero attached hydrogens (tertiary/aromatic N) is 2. The summed E-state index contributed by atoms with van der Waals surface area (Å²) < 4.78 is 17.3. The third-order valence-corrected chi connectivity index (χ3v) is 3.66. The van der Waals surface area contributed by atoms with Crippen molar-refractivity contribution in [2.75, 3.05) is 21.3 Å². The largest absolute Gasteiger partial charge is 0.508 e. The smallest absolute Gasteiger partial charge is 0.266 e. The van der Waals surface area contributed by atoms with Gasteiger partial charge in [0.15, 0.2) is 11.5 Å². The summed E-state index contributed by atoms with van der Waals surface area (Å²) in [5, 5.41) is 9.93. The summed E-state index contributed by atoms with van der Waals surface area (Å²) in [7, 11) is 4.44. The quantitative estimate of drug-likeness (QED) is 0.790. The second-order valence-electron chi connectivity index (χ2n) is 4.98. The van der Waals surface area contributed by atoms with Gasteiger partial charge in [0.1, 0.15) is 17.6 Å². The third-order valence-electron chi connectivity index (χ3n) is 3.66. The number of methoxy groups -OCH3 is 3. The van der Waals surface area contributed by atoms with E-state index >= 15 is 0 Å². The predicted molar refractivity (Wildman–Crippen MR) is 88.7 cm³/mol. The molecule has 3 rings (SSSR count). The topological polar surface area (TPSA) is 82.8 Å². The van der Waals surface area contributed by atoms with E-state index in [-0.39, 0.29) is 11.3 Å². The van der Waals surface area contributed by atoms with Crippen LogP contribution in [0.5, 0.6) is 23.0 Å². The van der Waals surface area contributed by atoms with Crippen LogP contribution in [-0.4, -0.2) is 36.0 Å². The van der Waals surface area contributed by atoms with E-state index in [1.807, 2.05) is 0 Å². The molecule has 124 valence electrons. The van der Waals surface area contributed by atoms with Crippen molar-refractivity contribution in [2.45, 2.75) is 0 Å². The normalized spacial score (nSPS) is 10.6. The molecule has 7 nitrogen and oxygen atoms in total. The first-order valence-electron chi connectivity index (χ1n) is 7.10. The number of rotatable bonds is 4. The molecule has 0 bridgehead atoms. The molecular weight excluding hydrogens is 312 g/mol. The molecule has 0 unspecified atom stereocenters. The van der Waals surface area contributed by atoms with Gasteiger partial charge in [-0.2, -0.15) is 0 Å². The Kier molecular flexibility index (Phi) is 3.99. The molecule has 3 aromatic rings. The van der Waals surface area contributed by atoms with Crippen molar-refractivity contribution in [3.63, 3.8) is 0 Å². The number of hydrogen-bond donors (Lipinski definition) is 1. The van der Waals surface area contributed by atoms with Gasteiger partial charge in [0.25, 0.3) is 5.56 Å². The fraction of sp³-hybridized carbons (Fsp3) is 0.176. The fourth-order valence-corrected chi connectivity index (χ4v) is 2.56. The van der Waals surface area contributed by atoms with Gasteiger partial charge in [-0.05, 0) is 18.2 Å². The van der Waals surface area contributed by atoms with Crippen LogP contribution >= 0.6 is 0 Å². The SMILES string of the molecule is COc1cc2c(=O)n(-c3cccc(O)c3)cnc2c(OC)c1OC. The number of ether oxygens (including phenoxy) is 3. The minimum absolute atomic E-state index is 0.0596. The van der Waals surface area contributed by atoms with Crippen LogP contribution < -0.4 is 19.8 Å². The molecule has 0 aliphatic heterocycles. The Labute approximate surface area is 137 Å². The number of hydrogen-bond acceptors (Lipinski definition) is 6. The van der Waals surface area contributed by atoms with Crippen molar-refractivity contribution in [3.05, 3.63) is 47.0 Å². The molecule has 0 fully saturated rings. The predicted octanol–water partition coefficient (Wildman–Crippen LogP) is 2.12. The average molecular weight is 328 g/mol. The Hall–Kier alpha value is -3.22. The zero-order valence-electron chi connectivity index (χ0n) is 13.4. The summed E-state index contributed by atoms with van der Waals surface area (Å²) >= 11 is 0. The van der Waals surface area contributed by atoms with E-state index in [1.165, 1.54) is 44.4 Å². The highest BCUT2D eigenvalue weighted by Gasteiger charge is 2.19. The molecule has 2 aromatic carbocycles. The Balaban J connectivity index is 2.35. The molecule has 0 saturated carbocycles. The molecule has 0 aliphatic carbocycles. The maximum atomic E-state index is 12.9. The first-order valence-corrected chi connectivity index (χ1v) is 7.10. The molecule has 1 N–H and O–H groups in total. The number of aromatic hydroxyl groups is 1. The van der Waals surface area contributed by atoms with Crippen LogP contribution in [0.1, 0.15) is 0 Å². The monoisotopic (exact) mass is 328 g/mol. The van der Waals surface area contributed by atoms with Gasteiger partial charge in [-0.3, -0.25) is 9.36 Å². The third kappa shape index (κ3) is 2.40. The standard InChI is InChI=1S/C17H16N2O5/c1-22-13-8-12-14(16(24-3)15(13)23-2)18-9-19(17(12)21)10-5-4-6-11(20)7-10/h4-9,20H,1-3H3. The van der Waals surface area contributed by atoms with Gasteiger partial charge in [-0.25, -0.2) is 4.98 Å². The lowest BCUT2D eigenvalue weighted by Crippen LogP contribution is -2.19. The highest BCUT2D eigenvalue weighted by atomic mass is 16.5. The van der Waals surface area contributed by atoms with Crippen molar-refractivity contribution >= 4 is 10.9 Å². The lowest BCUT2D eigenvalue weighted by atomic mass is 10.2. The van der Waals surface area contributed by atoms with Gasteiger partial charge < -0.3 is 19.3 Å². The number of phenols is 1. The first-order chi connectivity index (χ1) is 11.6. The molecule has 7 heteroatoms. The molecule has 0 aliphatic rings. The van der Waals surface area contributed by atoms with Crippen LogP contribution in [0, 0.1) is 0 Å². The number of phenolic OH excluding ortho intramolecular Hbond substituents is 1. The highest BCUT2D eigenvalue weighted by molar-refractivity contribution is 5.89. The summed E-state index contributed by atoms with van der Waals surface area (Å²) in [4.78, 5) is 17.2. The minimum Gasteiger partial charge on any atom is -0.508 e. The Morgan fingerprint density at radius 1 is 1.04 bits per heavy atom. The maximum absolute atomic E-state index is 12.9. The minimum atomic E-state index is -0.315. The summed E-state index contributed by atoms with van der Waals surface area (Å²) in [5.74, 6) is 1.13. The fourth-order valence-electron chi connectivity index (χ4n) is 2.56. The van der Waals surface area contributed by atoms with E-state index < -0.39 is 0 Å². The number of aromatic nitrogens is 2. The number of fused-ring (bicyclic) bond motifs is 1. The molecule has 24 heavy (non-hydrogen) atoms. The van der Waals surface area contributed by atoms with Crippen LogP contribution in [0.25, 0.3) is 16.6 Å². The van der Waals surface area contributed by atoms with E-state index in [0.717, 1.165) is 0 Å². The summed E-state index contributed by atoms with van der Waals surface area (Å²) in [5.41, 5.74) is 0.560. The van der Waals surface area contributed by atoms with Crippen LogP contribution in [0.15, 0.2) is 41.5 Å². The van der Waals surface area contributed by atoms with Crippen molar-refractivity contribution in [1.82, 2.24) is 9.55 Å². The molecule has 0 amide bonds. The molecular formula is C17H16N2O5. The molecule has 0 radical (unpaired) electrons. The molecule has 0 atom stereocenters. The van der Waals surface area contributed by atoms with Crippen molar-refractivity contribution in [1.29, 1.82) is 0 Å². The summed E-state index contributed by atoms with van der Waals surface area (Å²) in [6.45, 7) is 0. The van der Waals surface area contributed by atoms with Gasteiger partial charge in [0, 0.05) is 6.07 Å². The molecule has 1 heterocycles. The lowest BCUT2D eigenvalue weighted by Gasteiger charge is -2.15. The summed E-state index contributed by atoms with van der Waals surface area (Å²) in [6.07, 6.45) is 1.38. The van der Waals surface area contributed by atoms with Crippen molar-refractivity contribution in [2.24, 2.45) is 0 Å². The van der Waals surface area contributed by atoms with Gasteiger partial charge in [-0.15, -0.1) is 0 Å². The second-order valence-corrected chi connectivity index (χ2v) is 4.98. The van der Waals surface area contributed by atoms with Gasteiger partial charge in [0.05, 0.1) is 32.4 Å². The van der Waals surface area contributed by atoms with Gasteiger partial charge in [0.2, 0.25) is 5.75 Å². The zero-order valence-corrected chi connectivity index (χ0v) is 13.4. The van der Waals surface area contributed by atoms with E-state index in [9.17, 15) is 9.90 Å². The van der Waals surface area contributed by atoms with E-state index in [4.69, 9.17) is 14.2 Å². The van der Waals surface area contributed by atoms with Crippen molar-refractivity contribution in [3.8, 4) is 28.7 Å². The van der Waals surface area contributed by atoms with Crippen LogP contribution in [-0.2, 0) is 0 Å². The highest BCUT2D eigenvalue weighted by Crippen LogP contribution is 2.41. The second kappa shape index (κ2) is 6.11. The Morgan fingerprint density at radius 3 is 2.42 bits per heavy atom. The Bertz CT molecular complexity index is 965. The molecule has 1 aromatic heterocycles. The van der Waals surface area contributed by atoms with E-state index in [1.54, 1.807) is 18.2 Å². The van der Waals surface area contributed by atoms with Crippen LogP contribution in [0.2, 0.25) is 0 Å². The molecule has 0 spiro atoms. The van der Waals surface area contributed by atoms with Crippen LogP contribution in [0.4, 0.5) is 0 Å². The Morgan fingerprint density at radius 2 is 1.79 bits per heavy atom. The molecule has 0 saturated heterocycles. The van der Waals surface area contributed by atoms with Crippen LogP contribution in [0.3, 0.4) is 0 Å². The first kappa shape index (κ1) is 15.7. The lowest BCUT2D eigenvalue weighted by molar-refractivity contribution is 0.326. The van der Waals surface area contributed by atoms with Gasteiger partial charge >= 0.3 is 0 Å². The average Bonchev–Trinajstić information content (AvgIpc) is 2.60. The van der Waals surface area contributed by atoms with Crippen molar-refractivity contribution < 1.29 is 19.3 Å². The maximum Gasteiger partial charge on any atom is 0.266 e.